The Morgan fingerprint density at radius 3 is 2.89 bits per heavy atom. The van der Waals surface area contributed by atoms with Gasteiger partial charge >= 0.3 is 0 Å². The number of rotatable bonds is 6. The van der Waals surface area contributed by atoms with Crippen LogP contribution in [0.4, 0.5) is 0 Å². The lowest BCUT2D eigenvalue weighted by atomic mass is 10.00. The first-order valence-corrected chi connectivity index (χ1v) is 9.39. The van der Waals surface area contributed by atoms with Crippen LogP contribution in [0.5, 0.6) is 17.2 Å². The molecule has 148 valence electrons. The van der Waals surface area contributed by atoms with Gasteiger partial charge in [-0.3, -0.25) is 9.59 Å². The number of hydrogen-bond acceptors (Lipinski definition) is 6. The lowest BCUT2D eigenvalue weighted by Gasteiger charge is -2.36. The molecule has 0 saturated carbocycles. The molecule has 1 atom stereocenters. The van der Waals surface area contributed by atoms with E-state index < -0.39 is 0 Å². The number of carbonyl (C=O) groups is 2. The van der Waals surface area contributed by atoms with E-state index >= 15 is 0 Å². The van der Waals surface area contributed by atoms with Crippen LogP contribution >= 0.6 is 0 Å². The lowest BCUT2D eigenvalue weighted by molar-refractivity contribution is -0.121. The molecule has 3 N–H and O–H groups in total. The molecule has 1 fully saturated rings. The van der Waals surface area contributed by atoms with E-state index in [4.69, 9.17) is 19.9 Å². The van der Waals surface area contributed by atoms with Gasteiger partial charge in [0.1, 0.15) is 13.2 Å². The van der Waals surface area contributed by atoms with Crippen molar-refractivity contribution in [2.45, 2.75) is 31.7 Å². The smallest absolute Gasteiger partial charge is 0.254 e. The third-order valence-corrected chi connectivity index (χ3v) is 4.87. The van der Waals surface area contributed by atoms with Crippen LogP contribution in [0.3, 0.4) is 0 Å². The van der Waals surface area contributed by atoms with Crippen LogP contribution in [0.1, 0.15) is 36.0 Å². The topological polar surface area (TPSA) is 103 Å². The van der Waals surface area contributed by atoms with Crippen LogP contribution in [0, 0.1) is 0 Å². The summed E-state index contributed by atoms with van der Waals surface area (Å²) in [7, 11) is 1.54. The van der Waals surface area contributed by atoms with Gasteiger partial charge in [-0.25, -0.2) is 0 Å². The highest BCUT2D eigenvalue weighted by Gasteiger charge is 2.30. The largest absolute Gasteiger partial charge is 0.493 e. The summed E-state index contributed by atoms with van der Waals surface area (Å²) in [6.07, 6.45) is 3.13. The summed E-state index contributed by atoms with van der Waals surface area (Å²) in [6.45, 7) is 2.30. The fourth-order valence-corrected chi connectivity index (χ4v) is 3.49. The van der Waals surface area contributed by atoms with Crippen molar-refractivity contribution in [1.82, 2.24) is 10.2 Å². The number of carbonyl (C=O) groups excluding carboxylic acids is 2. The van der Waals surface area contributed by atoms with Gasteiger partial charge in [0.05, 0.1) is 7.11 Å². The van der Waals surface area contributed by atoms with Gasteiger partial charge in [-0.2, -0.15) is 0 Å². The monoisotopic (exact) mass is 377 g/mol. The molecular formula is C19H27N3O5. The molecule has 1 aromatic carbocycles. The van der Waals surface area contributed by atoms with Gasteiger partial charge < -0.3 is 30.2 Å². The molecule has 2 heterocycles. The lowest BCUT2D eigenvalue weighted by Crippen LogP contribution is -2.49. The number of benzene rings is 1. The summed E-state index contributed by atoms with van der Waals surface area (Å²) in [4.78, 5) is 26.7. The maximum absolute atomic E-state index is 13.2. The van der Waals surface area contributed by atoms with E-state index in [1.54, 1.807) is 19.2 Å². The van der Waals surface area contributed by atoms with Crippen LogP contribution in [-0.2, 0) is 4.79 Å². The number of hydrogen-bond donors (Lipinski definition) is 2. The summed E-state index contributed by atoms with van der Waals surface area (Å²) in [5.41, 5.74) is 5.91. The zero-order valence-electron chi connectivity index (χ0n) is 15.7. The summed E-state index contributed by atoms with van der Waals surface area (Å²) in [5.74, 6) is 1.36. The van der Waals surface area contributed by atoms with Crippen molar-refractivity contribution < 1.29 is 23.8 Å². The quantitative estimate of drug-likeness (QED) is 0.764. The molecule has 8 heteroatoms. The average Bonchev–Trinajstić information content (AvgIpc) is 2.71. The van der Waals surface area contributed by atoms with E-state index in [9.17, 15) is 9.59 Å². The molecule has 1 saturated heterocycles. The Morgan fingerprint density at radius 2 is 2.11 bits per heavy atom. The minimum absolute atomic E-state index is 0.0350. The zero-order valence-corrected chi connectivity index (χ0v) is 15.7. The number of nitrogens with two attached hydrogens (primary N) is 1. The number of amides is 2. The Kier molecular flexibility index (Phi) is 6.39. The molecule has 0 aromatic heterocycles. The molecule has 8 nitrogen and oxygen atoms in total. The van der Waals surface area contributed by atoms with Crippen molar-refractivity contribution in [2.75, 3.05) is 40.0 Å². The van der Waals surface area contributed by atoms with E-state index in [-0.39, 0.29) is 17.9 Å². The molecule has 0 aliphatic carbocycles. The van der Waals surface area contributed by atoms with Gasteiger partial charge in [-0.05, 0) is 31.4 Å². The van der Waals surface area contributed by atoms with Crippen LogP contribution in [-0.4, -0.2) is 62.7 Å². The third kappa shape index (κ3) is 4.44. The number of nitrogens with one attached hydrogen (secondary N) is 1. The minimum atomic E-state index is -0.0944. The maximum Gasteiger partial charge on any atom is 0.254 e. The Labute approximate surface area is 158 Å². The molecule has 2 aliphatic rings. The van der Waals surface area contributed by atoms with Gasteiger partial charge in [0.25, 0.3) is 5.91 Å². The second-order valence-electron chi connectivity index (χ2n) is 6.69. The number of ether oxygens (including phenoxy) is 3. The predicted octanol–water partition coefficient (Wildman–Crippen LogP) is 0.926. The molecular weight excluding hydrogens is 350 g/mol. The van der Waals surface area contributed by atoms with E-state index in [0.29, 0.717) is 62.1 Å². The first kappa shape index (κ1) is 19.3. The zero-order chi connectivity index (χ0) is 19.2. The first-order chi connectivity index (χ1) is 13.1. The van der Waals surface area contributed by atoms with Gasteiger partial charge in [0.15, 0.2) is 11.5 Å². The fraction of sp³-hybridized carbons (Fsp3) is 0.579. The summed E-state index contributed by atoms with van der Waals surface area (Å²) in [5, 5.41) is 2.88. The summed E-state index contributed by atoms with van der Waals surface area (Å²) >= 11 is 0. The van der Waals surface area contributed by atoms with Crippen LogP contribution in [0.15, 0.2) is 12.1 Å². The Balaban J connectivity index is 1.77. The number of methoxy groups -OCH3 is 1. The van der Waals surface area contributed by atoms with E-state index in [0.717, 1.165) is 19.3 Å². The summed E-state index contributed by atoms with van der Waals surface area (Å²) < 4.78 is 16.6. The molecule has 3 rings (SSSR count). The molecule has 2 aliphatic heterocycles. The first-order valence-electron chi connectivity index (χ1n) is 9.39. The molecule has 1 unspecified atom stereocenters. The van der Waals surface area contributed by atoms with Crippen molar-refractivity contribution in [2.24, 2.45) is 5.73 Å². The van der Waals surface area contributed by atoms with Crippen LogP contribution < -0.4 is 25.3 Å². The number of nitrogens with zero attached hydrogens (tertiary/aromatic N) is 1. The van der Waals surface area contributed by atoms with Crippen molar-refractivity contribution in [3.63, 3.8) is 0 Å². The van der Waals surface area contributed by atoms with Crippen molar-refractivity contribution in [3.05, 3.63) is 17.7 Å². The number of piperidine rings is 1. The maximum atomic E-state index is 13.2. The van der Waals surface area contributed by atoms with Gasteiger partial charge in [-0.1, -0.05) is 0 Å². The molecule has 27 heavy (non-hydrogen) atoms. The molecule has 0 spiro atoms. The molecule has 2 amide bonds. The molecule has 0 radical (unpaired) electrons. The second kappa shape index (κ2) is 8.94. The normalized spacial score (nSPS) is 18.7. The highest BCUT2D eigenvalue weighted by Crippen LogP contribution is 2.40. The Bertz CT molecular complexity index is 677. The van der Waals surface area contributed by atoms with Gasteiger partial charge in [-0.15, -0.1) is 0 Å². The van der Waals surface area contributed by atoms with E-state index in [1.807, 2.05) is 4.90 Å². The fourth-order valence-electron chi connectivity index (χ4n) is 3.49. The Hall–Kier alpha value is -2.48. The van der Waals surface area contributed by atoms with Gasteiger partial charge in [0.2, 0.25) is 11.7 Å². The summed E-state index contributed by atoms with van der Waals surface area (Å²) in [6, 6.07) is 3.36. The van der Waals surface area contributed by atoms with Crippen molar-refractivity contribution in [3.8, 4) is 17.2 Å². The van der Waals surface area contributed by atoms with Crippen molar-refractivity contribution >= 4 is 11.8 Å². The highest BCUT2D eigenvalue weighted by atomic mass is 16.6. The number of fused-ring (bicyclic) bond motifs is 1. The minimum Gasteiger partial charge on any atom is -0.493 e. The average molecular weight is 377 g/mol. The highest BCUT2D eigenvalue weighted by molar-refractivity contribution is 5.96. The predicted molar refractivity (Wildman–Crippen MR) is 99.3 cm³/mol. The third-order valence-electron chi connectivity index (χ3n) is 4.87. The van der Waals surface area contributed by atoms with Crippen molar-refractivity contribution in [1.29, 1.82) is 0 Å². The SMILES string of the molecule is COc1cc(C(=O)N2CCCCC2CNC(=O)CCN)cc2c1OCCO2. The second-order valence-corrected chi connectivity index (χ2v) is 6.69. The van der Waals surface area contributed by atoms with E-state index in [2.05, 4.69) is 5.32 Å². The van der Waals surface area contributed by atoms with E-state index in [1.165, 1.54) is 0 Å². The van der Waals surface area contributed by atoms with Crippen LogP contribution in [0.25, 0.3) is 0 Å². The molecule has 0 bridgehead atoms. The van der Waals surface area contributed by atoms with Gasteiger partial charge in [0, 0.05) is 37.7 Å². The molecule has 1 aromatic rings. The standard InChI is InChI=1S/C19H27N3O5/c1-25-15-10-13(11-16-18(15)27-9-8-26-16)19(24)22-7-3-2-4-14(22)12-21-17(23)5-6-20/h10-11,14H,2-9,12,20H2,1H3,(H,21,23). The van der Waals surface area contributed by atoms with Crippen LogP contribution in [0.2, 0.25) is 0 Å². The Morgan fingerprint density at radius 1 is 1.30 bits per heavy atom. The number of likely N-dealkylation sites (tertiary alicyclic amines) is 1.